The Kier molecular flexibility index (Phi) is 5.16. The van der Waals surface area contributed by atoms with Crippen LogP contribution in [-0.2, 0) is 24.4 Å². The minimum absolute atomic E-state index is 0.0312. The van der Waals surface area contributed by atoms with Crippen LogP contribution in [0.1, 0.15) is 16.7 Å². The van der Waals surface area contributed by atoms with E-state index in [-0.39, 0.29) is 18.9 Å². The van der Waals surface area contributed by atoms with Gasteiger partial charge in [0.05, 0.1) is 13.0 Å². The molecule has 0 unspecified atom stereocenters. The topological polar surface area (TPSA) is 49.3 Å². The smallest absolute Gasteiger partial charge is 0.224 e. The third-order valence-corrected chi connectivity index (χ3v) is 3.44. The number of halogens is 1. The zero-order valence-corrected chi connectivity index (χ0v) is 11.7. The first kappa shape index (κ1) is 14.6. The van der Waals surface area contributed by atoms with Crippen molar-refractivity contribution in [1.82, 2.24) is 5.32 Å². The van der Waals surface area contributed by atoms with Crippen LogP contribution in [0, 0.1) is 0 Å². The standard InChI is InChI=1S/C16H16ClNO2/c17-15-8-4-3-5-12(15)9-16(20)18-10-13-6-1-2-7-14(13)11-19/h1-8,19H,9-11H2,(H,18,20). The monoisotopic (exact) mass is 289 g/mol. The molecule has 104 valence electrons. The van der Waals surface area contributed by atoms with Gasteiger partial charge in [-0.25, -0.2) is 0 Å². The van der Waals surface area contributed by atoms with E-state index in [1.807, 2.05) is 42.5 Å². The largest absolute Gasteiger partial charge is 0.392 e. The van der Waals surface area contributed by atoms with E-state index in [4.69, 9.17) is 11.6 Å². The lowest BCUT2D eigenvalue weighted by molar-refractivity contribution is -0.120. The molecule has 0 spiro atoms. The molecule has 0 aliphatic carbocycles. The van der Waals surface area contributed by atoms with Crippen LogP contribution >= 0.6 is 11.6 Å². The number of nitrogens with one attached hydrogen (secondary N) is 1. The van der Waals surface area contributed by atoms with Crippen molar-refractivity contribution in [3.8, 4) is 0 Å². The Labute approximate surface area is 123 Å². The zero-order chi connectivity index (χ0) is 14.4. The van der Waals surface area contributed by atoms with Crippen LogP contribution in [0.15, 0.2) is 48.5 Å². The van der Waals surface area contributed by atoms with Gasteiger partial charge in [0.2, 0.25) is 5.91 Å². The Morgan fingerprint density at radius 3 is 2.25 bits per heavy atom. The second-order valence-electron chi connectivity index (χ2n) is 4.47. The van der Waals surface area contributed by atoms with E-state index in [9.17, 15) is 9.90 Å². The molecule has 0 fully saturated rings. The molecule has 2 N–H and O–H groups in total. The van der Waals surface area contributed by atoms with Crippen LogP contribution in [0.25, 0.3) is 0 Å². The molecule has 0 radical (unpaired) electrons. The van der Waals surface area contributed by atoms with Gasteiger partial charge in [0, 0.05) is 11.6 Å². The SMILES string of the molecule is O=C(Cc1ccccc1Cl)NCc1ccccc1CO. The third kappa shape index (κ3) is 3.83. The van der Waals surface area contributed by atoms with Crippen LogP contribution in [0.3, 0.4) is 0 Å². The Bertz CT molecular complexity index is 599. The fraction of sp³-hybridized carbons (Fsp3) is 0.188. The summed E-state index contributed by atoms with van der Waals surface area (Å²) in [5.74, 6) is -0.0918. The van der Waals surface area contributed by atoms with Crippen molar-refractivity contribution in [2.24, 2.45) is 0 Å². The highest BCUT2D eigenvalue weighted by Gasteiger charge is 2.07. The molecule has 0 heterocycles. The van der Waals surface area contributed by atoms with Gasteiger partial charge in [-0.1, -0.05) is 54.1 Å². The normalized spacial score (nSPS) is 10.3. The first-order valence-electron chi connectivity index (χ1n) is 6.38. The first-order chi connectivity index (χ1) is 9.70. The summed E-state index contributed by atoms with van der Waals surface area (Å²) in [7, 11) is 0. The third-order valence-electron chi connectivity index (χ3n) is 3.07. The Morgan fingerprint density at radius 2 is 1.60 bits per heavy atom. The van der Waals surface area contributed by atoms with Gasteiger partial charge in [-0.15, -0.1) is 0 Å². The molecule has 0 aromatic heterocycles. The average Bonchev–Trinajstić information content (AvgIpc) is 2.48. The van der Waals surface area contributed by atoms with Crippen molar-refractivity contribution >= 4 is 17.5 Å². The number of benzene rings is 2. The van der Waals surface area contributed by atoms with Crippen LogP contribution in [0.4, 0.5) is 0 Å². The maximum atomic E-state index is 11.9. The predicted octanol–water partition coefficient (Wildman–Crippen LogP) is 2.69. The quantitative estimate of drug-likeness (QED) is 0.889. The molecular formula is C16H16ClNO2. The summed E-state index contributed by atoms with van der Waals surface area (Å²) in [5, 5.41) is 12.7. The fourth-order valence-electron chi connectivity index (χ4n) is 1.96. The van der Waals surface area contributed by atoms with E-state index in [2.05, 4.69) is 5.32 Å². The van der Waals surface area contributed by atoms with E-state index < -0.39 is 0 Å². The Morgan fingerprint density at radius 1 is 1.00 bits per heavy atom. The molecule has 3 nitrogen and oxygen atoms in total. The predicted molar refractivity (Wildman–Crippen MR) is 79.4 cm³/mol. The van der Waals surface area contributed by atoms with E-state index in [0.29, 0.717) is 11.6 Å². The molecule has 0 aliphatic heterocycles. The van der Waals surface area contributed by atoms with E-state index >= 15 is 0 Å². The van der Waals surface area contributed by atoms with Crippen LogP contribution < -0.4 is 5.32 Å². The van der Waals surface area contributed by atoms with Gasteiger partial charge in [-0.2, -0.15) is 0 Å². The summed E-state index contributed by atoms with van der Waals surface area (Å²) in [6, 6.07) is 14.8. The first-order valence-corrected chi connectivity index (χ1v) is 6.76. The second-order valence-corrected chi connectivity index (χ2v) is 4.88. The molecule has 0 aliphatic rings. The summed E-state index contributed by atoms with van der Waals surface area (Å²) >= 11 is 6.02. The van der Waals surface area contributed by atoms with Crippen molar-refractivity contribution in [2.75, 3.05) is 0 Å². The van der Waals surface area contributed by atoms with E-state index in [1.165, 1.54) is 0 Å². The highest BCUT2D eigenvalue weighted by Crippen LogP contribution is 2.15. The number of amides is 1. The Hall–Kier alpha value is -1.84. The number of hydrogen-bond acceptors (Lipinski definition) is 2. The number of aliphatic hydroxyl groups is 1. The maximum absolute atomic E-state index is 11.9. The second kappa shape index (κ2) is 7.08. The van der Waals surface area contributed by atoms with Crippen molar-refractivity contribution in [1.29, 1.82) is 0 Å². The summed E-state index contributed by atoms with van der Waals surface area (Å²) in [6.45, 7) is 0.372. The van der Waals surface area contributed by atoms with Gasteiger partial charge in [0.15, 0.2) is 0 Å². The maximum Gasteiger partial charge on any atom is 0.224 e. The minimum atomic E-state index is -0.0918. The summed E-state index contributed by atoms with van der Waals surface area (Å²) in [4.78, 5) is 11.9. The van der Waals surface area contributed by atoms with Gasteiger partial charge in [0.1, 0.15) is 0 Å². The fourth-order valence-corrected chi connectivity index (χ4v) is 2.16. The van der Waals surface area contributed by atoms with Gasteiger partial charge in [-0.3, -0.25) is 4.79 Å². The molecular weight excluding hydrogens is 274 g/mol. The summed E-state index contributed by atoms with van der Waals surface area (Å²) < 4.78 is 0. The van der Waals surface area contributed by atoms with Gasteiger partial charge >= 0.3 is 0 Å². The summed E-state index contributed by atoms with van der Waals surface area (Å²) in [5.41, 5.74) is 2.55. The van der Waals surface area contributed by atoms with Crippen LogP contribution in [0.2, 0.25) is 5.02 Å². The van der Waals surface area contributed by atoms with Gasteiger partial charge < -0.3 is 10.4 Å². The molecule has 0 saturated carbocycles. The van der Waals surface area contributed by atoms with E-state index in [0.717, 1.165) is 16.7 Å². The lowest BCUT2D eigenvalue weighted by Gasteiger charge is -2.09. The number of carbonyl (C=O) groups is 1. The lowest BCUT2D eigenvalue weighted by Crippen LogP contribution is -2.25. The number of rotatable bonds is 5. The number of aliphatic hydroxyl groups excluding tert-OH is 1. The van der Waals surface area contributed by atoms with Crippen molar-refractivity contribution in [3.05, 3.63) is 70.2 Å². The molecule has 2 rings (SSSR count). The molecule has 4 heteroatoms. The summed E-state index contributed by atoms with van der Waals surface area (Å²) in [6.07, 6.45) is 0.251. The molecule has 0 atom stereocenters. The van der Waals surface area contributed by atoms with Crippen LogP contribution in [0.5, 0.6) is 0 Å². The Balaban J connectivity index is 1.94. The number of hydrogen-bond donors (Lipinski definition) is 2. The van der Waals surface area contributed by atoms with Gasteiger partial charge in [0.25, 0.3) is 0 Å². The highest BCUT2D eigenvalue weighted by molar-refractivity contribution is 6.31. The zero-order valence-electron chi connectivity index (χ0n) is 11.0. The van der Waals surface area contributed by atoms with Crippen molar-refractivity contribution in [2.45, 2.75) is 19.6 Å². The molecule has 0 bridgehead atoms. The van der Waals surface area contributed by atoms with E-state index in [1.54, 1.807) is 6.07 Å². The molecule has 1 amide bonds. The van der Waals surface area contributed by atoms with Gasteiger partial charge in [-0.05, 0) is 22.8 Å². The lowest BCUT2D eigenvalue weighted by atomic mass is 10.1. The van der Waals surface area contributed by atoms with Crippen molar-refractivity contribution < 1.29 is 9.90 Å². The highest BCUT2D eigenvalue weighted by atomic mass is 35.5. The minimum Gasteiger partial charge on any atom is -0.392 e. The van der Waals surface area contributed by atoms with Crippen LogP contribution in [-0.4, -0.2) is 11.0 Å². The number of carbonyl (C=O) groups excluding carboxylic acids is 1. The molecule has 2 aromatic rings. The van der Waals surface area contributed by atoms with Crippen molar-refractivity contribution in [3.63, 3.8) is 0 Å². The molecule has 2 aromatic carbocycles. The molecule has 0 saturated heterocycles. The molecule has 20 heavy (non-hydrogen) atoms. The average molecular weight is 290 g/mol.